The zero-order valence-electron chi connectivity index (χ0n) is 10.9. The van der Waals surface area contributed by atoms with E-state index in [1.807, 2.05) is 0 Å². The number of nitro benzene ring substituents is 1. The number of anilines is 1. The highest BCUT2D eigenvalue weighted by Gasteiger charge is 2.15. The number of hydrogen-bond acceptors (Lipinski definition) is 5. The van der Waals surface area contributed by atoms with E-state index in [0.717, 1.165) is 32.6 Å². The monoisotopic (exact) mass is 266 g/mol. The normalized spacial score (nSPS) is 18.9. The maximum absolute atomic E-state index is 10.8. The molecular weight excluding hydrogens is 248 g/mol. The van der Waals surface area contributed by atoms with Crippen molar-refractivity contribution in [2.24, 2.45) is 5.92 Å². The van der Waals surface area contributed by atoms with Crippen LogP contribution in [0.1, 0.15) is 12.8 Å². The molecule has 0 aliphatic carbocycles. The number of rotatable bonds is 5. The number of non-ortho nitro benzene ring substituents is 1. The maximum Gasteiger partial charge on any atom is 0.275 e. The van der Waals surface area contributed by atoms with Gasteiger partial charge in [0, 0.05) is 31.0 Å². The smallest absolute Gasteiger partial charge is 0.275 e. The molecule has 1 aliphatic rings. The van der Waals surface area contributed by atoms with E-state index in [9.17, 15) is 10.1 Å². The summed E-state index contributed by atoms with van der Waals surface area (Å²) in [5.41, 5.74) is 0.735. The highest BCUT2D eigenvalue weighted by atomic mass is 16.6. The third-order valence-corrected chi connectivity index (χ3v) is 3.19. The van der Waals surface area contributed by atoms with Crippen molar-refractivity contribution >= 4 is 11.4 Å². The predicted molar refractivity (Wildman–Crippen MR) is 71.7 cm³/mol. The summed E-state index contributed by atoms with van der Waals surface area (Å²) in [5, 5.41) is 14.0. The van der Waals surface area contributed by atoms with E-state index in [4.69, 9.17) is 9.47 Å². The van der Waals surface area contributed by atoms with Crippen LogP contribution in [-0.2, 0) is 4.74 Å². The average molecular weight is 266 g/mol. The van der Waals surface area contributed by atoms with Gasteiger partial charge in [0.25, 0.3) is 5.69 Å². The van der Waals surface area contributed by atoms with Gasteiger partial charge in [0.1, 0.15) is 5.75 Å². The Morgan fingerprint density at radius 2 is 2.37 bits per heavy atom. The van der Waals surface area contributed by atoms with Gasteiger partial charge in [-0.1, -0.05) is 0 Å². The number of benzene rings is 1. The van der Waals surface area contributed by atoms with E-state index in [2.05, 4.69) is 5.32 Å². The fourth-order valence-corrected chi connectivity index (χ4v) is 2.14. The molecule has 6 heteroatoms. The molecule has 1 atom stereocenters. The molecule has 19 heavy (non-hydrogen) atoms. The van der Waals surface area contributed by atoms with Gasteiger partial charge in [-0.25, -0.2) is 0 Å². The first-order valence-corrected chi connectivity index (χ1v) is 6.34. The standard InChI is InChI=1S/C13H18N2O4/c1-18-13-6-11(5-12(7-13)15(16)17)14-8-10-3-2-4-19-9-10/h5-7,10,14H,2-4,8-9H2,1H3. The lowest BCUT2D eigenvalue weighted by atomic mass is 10.0. The van der Waals surface area contributed by atoms with Crippen molar-refractivity contribution in [3.8, 4) is 5.75 Å². The molecule has 0 spiro atoms. The number of nitro groups is 1. The van der Waals surface area contributed by atoms with Gasteiger partial charge in [-0.3, -0.25) is 10.1 Å². The van der Waals surface area contributed by atoms with E-state index in [-0.39, 0.29) is 5.69 Å². The Morgan fingerprint density at radius 1 is 1.53 bits per heavy atom. The summed E-state index contributed by atoms with van der Waals surface area (Å²) in [4.78, 5) is 10.4. The minimum Gasteiger partial charge on any atom is -0.496 e. The van der Waals surface area contributed by atoms with E-state index < -0.39 is 4.92 Å². The molecule has 1 aliphatic heterocycles. The fourth-order valence-electron chi connectivity index (χ4n) is 2.14. The molecule has 1 fully saturated rings. The molecular formula is C13H18N2O4. The number of nitrogens with one attached hydrogen (secondary N) is 1. The van der Waals surface area contributed by atoms with Gasteiger partial charge in [0.15, 0.2) is 0 Å². The van der Waals surface area contributed by atoms with Crippen LogP contribution in [0.4, 0.5) is 11.4 Å². The minimum absolute atomic E-state index is 0.0294. The van der Waals surface area contributed by atoms with Crippen LogP contribution in [0.25, 0.3) is 0 Å². The van der Waals surface area contributed by atoms with E-state index >= 15 is 0 Å². The van der Waals surface area contributed by atoms with Crippen molar-refractivity contribution in [2.75, 3.05) is 32.2 Å². The number of methoxy groups -OCH3 is 1. The number of nitrogens with zero attached hydrogens (tertiary/aromatic N) is 1. The van der Waals surface area contributed by atoms with Crippen LogP contribution < -0.4 is 10.1 Å². The molecule has 2 rings (SSSR count). The Labute approximate surface area is 111 Å². The van der Waals surface area contributed by atoms with E-state index in [1.165, 1.54) is 19.2 Å². The van der Waals surface area contributed by atoms with Gasteiger partial charge in [-0.05, 0) is 18.8 Å². The van der Waals surface area contributed by atoms with Gasteiger partial charge >= 0.3 is 0 Å². The summed E-state index contributed by atoms with van der Waals surface area (Å²) in [6, 6.07) is 4.69. The SMILES string of the molecule is COc1cc(NCC2CCCOC2)cc([N+](=O)[O-])c1. The lowest BCUT2D eigenvalue weighted by Gasteiger charge is -2.22. The summed E-state index contributed by atoms with van der Waals surface area (Å²) in [6.07, 6.45) is 2.20. The molecule has 1 aromatic rings. The molecule has 1 aromatic carbocycles. The van der Waals surface area contributed by atoms with Crippen molar-refractivity contribution in [3.63, 3.8) is 0 Å². The molecule has 0 amide bonds. The first-order valence-electron chi connectivity index (χ1n) is 6.34. The molecule has 1 unspecified atom stereocenters. The van der Waals surface area contributed by atoms with Gasteiger partial charge in [0.2, 0.25) is 0 Å². The van der Waals surface area contributed by atoms with Crippen molar-refractivity contribution in [1.82, 2.24) is 0 Å². The quantitative estimate of drug-likeness (QED) is 0.654. The summed E-state index contributed by atoms with van der Waals surface area (Å²) < 4.78 is 10.5. The second kappa shape index (κ2) is 6.38. The Kier molecular flexibility index (Phi) is 4.57. The Bertz CT molecular complexity index is 444. The van der Waals surface area contributed by atoms with Crippen molar-refractivity contribution in [2.45, 2.75) is 12.8 Å². The topological polar surface area (TPSA) is 73.6 Å². The Morgan fingerprint density at radius 3 is 3.00 bits per heavy atom. The average Bonchev–Trinajstić information content (AvgIpc) is 2.45. The second-order valence-corrected chi connectivity index (χ2v) is 4.64. The van der Waals surface area contributed by atoms with Gasteiger partial charge in [-0.2, -0.15) is 0 Å². The highest BCUT2D eigenvalue weighted by Crippen LogP contribution is 2.26. The third kappa shape index (κ3) is 3.82. The summed E-state index contributed by atoms with van der Waals surface area (Å²) in [5.74, 6) is 0.940. The Hall–Kier alpha value is -1.82. The molecule has 1 N–H and O–H groups in total. The van der Waals surface area contributed by atoms with Crippen LogP contribution in [0.15, 0.2) is 18.2 Å². The van der Waals surface area contributed by atoms with Crippen molar-refractivity contribution < 1.29 is 14.4 Å². The fraction of sp³-hybridized carbons (Fsp3) is 0.538. The van der Waals surface area contributed by atoms with Gasteiger partial charge < -0.3 is 14.8 Å². The molecule has 0 saturated carbocycles. The number of hydrogen-bond donors (Lipinski definition) is 1. The summed E-state index contributed by atoms with van der Waals surface area (Å²) in [6.45, 7) is 2.34. The van der Waals surface area contributed by atoms with Crippen LogP contribution in [-0.4, -0.2) is 31.8 Å². The molecule has 0 bridgehead atoms. The molecule has 0 radical (unpaired) electrons. The molecule has 1 saturated heterocycles. The van der Waals surface area contributed by atoms with Crippen LogP contribution in [0.3, 0.4) is 0 Å². The zero-order valence-corrected chi connectivity index (χ0v) is 10.9. The lowest BCUT2D eigenvalue weighted by molar-refractivity contribution is -0.384. The summed E-state index contributed by atoms with van der Waals surface area (Å²) >= 11 is 0. The van der Waals surface area contributed by atoms with E-state index in [0.29, 0.717) is 17.4 Å². The van der Waals surface area contributed by atoms with Crippen LogP contribution >= 0.6 is 0 Å². The molecule has 6 nitrogen and oxygen atoms in total. The largest absolute Gasteiger partial charge is 0.496 e. The van der Waals surface area contributed by atoms with Gasteiger partial charge in [-0.15, -0.1) is 0 Å². The van der Waals surface area contributed by atoms with Crippen LogP contribution in [0, 0.1) is 16.0 Å². The number of ether oxygens (including phenoxy) is 2. The van der Waals surface area contributed by atoms with Crippen LogP contribution in [0.2, 0.25) is 0 Å². The third-order valence-electron chi connectivity index (χ3n) is 3.19. The molecule has 104 valence electrons. The van der Waals surface area contributed by atoms with Crippen LogP contribution in [0.5, 0.6) is 5.75 Å². The summed E-state index contributed by atoms with van der Waals surface area (Å²) in [7, 11) is 1.50. The Balaban J connectivity index is 2.02. The first kappa shape index (κ1) is 13.6. The first-order chi connectivity index (χ1) is 9.19. The minimum atomic E-state index is -0.419. The molecule has 1 heterocycles. The van der Waals surface area contributed by atoms with Gasteiger partial charge in [0.05, 0.1) is 24.7 Å². The molecule has 0 aromatic heterocycles. The highest BCUT2D eigenvalue weighted by molar-refractivity contribution is 5.56. The van der Waals surface area contributed by atoms with Crippen molar-refractivity contribution in [1.29, 1.82) is 0 Å². The zero-order chi connectivity index (χ0) is 13.7. The maximum atomic E-state index is 10.8. The van der Waals surface area contributed by atoms with Crippen molar-refractivity contribution in [3.05, 3.63) is 28.3 Å². The lowest BCUT2D eigenvalue weighted by Crippen LogP contribution is -2.24. The predicted octanol–water partition coefficient (Wildman–Crippen LogP) is 2.44. The second-order valence-electron chi connectivity index (χ2n) is 4.64. The van der Waals surface area contributed by atoms with E-state index in [1.54, 1.807) is 6.07 Å².